The molecule has 0 saturated carbocycles. The van der Waals surface area contributed by atoms with Crippen molar-refractivity contribution < 1.29 is 9.59 Å². The summed E-state index contributed by atoms with van der Waals surface area (Å²) in [7, 11) is 3.93. The van der Waals surface area contributed by atoms with E-state index in [9.17, 15) is 9.59 Å². The molecule has 0 atom stereocenters. The van der Waals surface area contributed by atoms with Gasteiger partial charge in [-0.3, -0.25) is 9.59 Å². The highest BCUT2D eigenvalue weighted by Gasteiger charge is 2.43. The molecule has 0 spiro atoms. The van der Waals surface area contributed by atoms with Crippen molar-refractivity contribution in [3.8, 4) is 0 Å². The second kappa shape index (κ2) is 8.49. The summed E-state index contributed by atoms with van der Waals surface area (Å²) in [6.45, 7) is 4.79. The largest absolute Gasteiger partial charge is 0.378 e. The van der Waals surface area contributed by atoms with Crippen LogP contribution in [0.5, 0.6) is 0 Å². The van der Waals surface area contributed by atoms with Crippen molar-refractivity contribution in [1.29, 1.82) is 0 Å². The van der Waals surface area contributed by atoms with Crippen molar-refractivity contribution >= 4 is 34.4 Å². The summed E-state index contributed by atoms with van der Waals surface area (Å²) in [6.07, 6.45) is 1.90. The molecule has 0 fully saturated rings. The fourth-order valence-electron chi connectivity index (χ4n) is 4.83. The monoisotopic (exact) mass is 451 g/mol. The summed E-state index contributed by atoms with van der Waals surface area (Å²) >= 11 is 0. The Bertz CT molecular complexity index is 1320. The molecule has 2 amide bonds. The molecule has 2 heterocycles. The molecule has 0 aromatic heterocycles. The molecule has 2 aliphatic rings. The quantitative estimate of drug-likeness (QED) is 0.517. The van der Waals surface area contributed by atoms with E-state index in [0.29, 0.717) is 23.5 Å². The zero-order valence-corrected chi connectivity index (χ0v) is 20.1. The molecule has 0 radical (unpaired) electrons. The highest BCUT2D eigenvalue weighted by molar-refractivity contribution is 6.46. The number of aryl methyl sites for hydroxylation is 3. The number of para-hydroxylation sites is 1. The smallest absolute Gasteiger partial charge is 0.282 e. The molecule has 5 rings (SSSR count). The van der Waals surface area contributed by atoms with Crippen LogP contribution in [-0.2, 0) is 16.0 Å². The Morgan fingerprint density at radius 3 is 2.26 bits per heavy atom. The SMILES string of the molecule is Cc1ccc(C2=C(N3CCCc4ccccc43)C(=O)N(c3ccc(N(C)C)cc3)C2=O)cc1C. The van der Waals surface area contributed by atoms with E-state index in [4.69, 9.17) is 0 Å². The third-order valence-corrected chi connectivity index (χ3v) is 6.86. The molecule has 172 valence electrons. The fraction of sp³-hybridized carbons (Fsp3) is 0.241. The number of hydrogen-bond donors (Lipinski definition) is 0. The third kappa shape index (κ3) is 3.58. The summed E-state index contributed by atoms with van der Waals surface area (Å²) in [5.41, 5.74) is 7.79. The average molecular weight is 452 g/mol. The van der Waals surface area contributed by atoms with Crippen LogP contribution < -0.4 is 14.7 Å². The van der Waals surface area contributed by atoms with Gasteiger partial charge in [0.15, 0.2) is 0 Å². The molecule has 3 aromatic carbocycles. The summed E-state index contributed by atoms with van der Waals surface area (Å²) in [4.78, 5) is 33.3. The van der Waals surface area contributed by atoms with Gasteiger partial charge in [-0.05, 0) is 79.3 Å². The lowest BCUT2D eigenvalue weighted by atomic mass is 9.97. The van der Waals surface area contributed by atoms with Crippen molar-refractivity contribution in [1.82, 2.24) is 0 Å². The van der Waals surface area contributed by atoms with Crippen LogP contribution in [0.1, 0.15) is 28.7 Å². The van der Waals surface area contributed by atoms with Crippen LogP contribution in [0.15, 0.2) is 72.4 Å². The molecule has 5 heteroatoms. The van der Waals surface area contributed by atoms with Gasteiger partial charge in [0.25, 0.3) is 11.8 Å². The molecule has 0 bridgehead atoms. The molecule has 0 unspecified atom stereocenters. The lowest BCUT2D eigenvalue weighted by molar-refractivity contribution is -0.120. The number of amides is 2. The number of carbonyl (C=O) groups is 2. The maximum absolute atomic E-state index is 14.0. The maximum atomic E-state index is 14.0. The van der Waals surface area contributed by atoms with Crippen LogP contribution in [0, 0.1) is 13.8 Å². The van der Waals surface area contributed by atoms with Crippen molar-refractivity contribution in [2.24, 2.45) is 0 Å². The first-order valence-corrected chi connectivity index (χ1v) is 11.7. The number of imide groups is 1. The lowest BCUT2D eigenvalue weighted by Gasteiger charge is -2.32. The Balaban J connectivity index is 1.67. The molecule has 34 heavy (non-hydrogen) atoms. The summed E-state index contributed by atoms with van der Waals surface area (Å²) in [5, 5.41) is 0. The van der Waals surface area contributed by atoms with Gasteiger partial charge < -0.3 is 9.80 Å². The summed E-state index contributed by atoms with van der Waals surface area (Å²) < 4.78 is 0. The fourth-order valence-corrected chi connectivity index (χ4v) is 4.83. The highest BCUT2D eigenvalue weighted by atomic mass is 16.2. The Kier molecular flexibility index (Phi) is 5.48. The zero-order chi connectivity index (χ0) is 24.0. The van der Waals surface area contributed by atoms with Gasteiger partial charge in [0, 0.05) is 32.0 Å². The van der Waals surface area contributed by atoms with Gasteiger partial charge in [0.05, 0.1) is 11.3 Å². The van der Waals surface area contributed by atoms with Crippen LogP contribution in [-0.4, -0.2) is 32.5 Å². The normalized spacial score (nSPS) is 15.8. The van der Waals surface area contributed by atoms with Crippen LogP contribution in [0.4, 0.5) is 17.1 Å². The second-order valence-corrected chi connectivity index (χ2v) is 9.26. The predicted octanol–water partition coefficient (Wildman–Crippen LogP) is 5.11. The van der Waals surface area contributed by atoms with Gasteiger partial charge >= 0.3 is 0 Å². The summed E-state index contributed by atoms with van der Waals surface area (Å²) in [5.74, 6) is -0.545. The Labute approximate surface area is 200 Å². The Hall–Kier alpha value is -3.86. The van der Waals surface area contributed by atoms with E-state index in [1.165, 1.54) is 10.5 Å². The standard InChI is InChI=1S/C29H29N3O2/c1-19-11-12-22(18-20(19)2)26-27(31-17-7-9-21-8-5-6-10-25(21)31)29(34)32(28(26)33)24-15-13-23(14-16-24)30(3)4/h5-6,8,10-16,18H,7,9,17H2,1-4H3. The van der Waals surface area contributed by atoms with Gasteiger partial charge in [-0.2, -0.15) is 0 Å². The summed E-state index contributed by atoms with van der Waals surface area (Å²) in [6, 6.07) is 21.7. The first kappa shape index (κ1) is 22.0. The molecule has 5 nitrogen and oxygen atoms in total. The minimum absolute atomic E-state index is 0.271. The van der Waals surface area contributed by atoms with Crippen LogP contribution in [0.3, 0.4) is 0 Å². The van der Waals surface area contributed by atoms with E-state index >= 15 is 0 Å². The van der Waals surface area contributed by atoms with Gasteiger partial charge in [-0.15, -0.1) is 0 Å². The van der Waals surface area contributed by atoms with Crippen LogP contribution >= 0.6 is 0 Å². The number of benzene rings is 3. The third-order valence-electron chi connectivity index (χ3n) is 6.86. The van der Waals surface area contributed by atoms with Crippen molar-refractivity contribution in [3.05, 3.63) is 94.7 Å². The minimum Gasteiger partial charge on any atom is -0.378 e. The molecule has 2 aliphatic heterocycles. The number of hydrogen-bond acceptors (Lipinski definition) is 4. The van der Waals surface area contributed by atoms with Crippen LogP contribution in [0.2, 0.25) is 0 Å². The Morgan fingerprint density at radius 1 is 0.824 bits per heavy atom. The first-order valence-electron chi connectivity index (χ1n) is 11.7. The highest BCUT2D eigenvalue weighted by Crippen LogP contribution is 2.40. The van der Waals surface area contributed by atoms with Gasteiger partial charge in [-0.1, -0.05) is 36.4 Å². The van der Waals surface area contributed by atoms with E-state index in [1.807, 2.05) is 86.6 Å². The van der Waals surface area contributed by atoms with Crippen molar-refractivity contribution in [2.45, 2.75) is 26.7 Å². The van der Waals surface area contributed by atoms with Crippen LogP contribution in [0.25, 0.3) is 5.57 Å². The Morgan fingerprint density at radius 2 is 1.56 bits per heavy atom. The molecule has 3 aromatic rings. The first-order chi connectivity index (χ1) is 16.4. The molecule has 0 N–H and O–H groups in total. The number of carbonyl (C=O) groups excluding carboxylic acids is 2. The zero-order valence-electron chi connectivity index (χ0n) is 20.1. The topological polar surface area (TPSA) is 43.9 Å². The second-order valence-electron chi connectivity index (χ2n) is 9.26. The number of rotatable bonds is 4. The lowest BCUT2D eigenvalue weighted by Crippen LogP contribution is -2.37. The average Bonchev–Trinajstić information content (AvgIpc) is 3.10. The van der Waals surface area contributed by atoms with E-state index in [2.05, 4.69) is 17.9 Å². The predicted molar refractivity (Wildman–Crippen MR) is 138 cm³/mol. The number of anilines is 3. The minimum atomic E-state index is -0.274. The number of fused-ring (bicyclic) bond motifs is 1. The van der Waals surface area contributed by atoms with Gasteiger partial charge in [0.2, 0.25) is 0 Å². The van der Waals surface area contributed by atoms with Crippen molar-refractivity contribution in [2.75, 3.05) is 35.3 Å². The molecular weight excluding hydrogens is 422 g/mol. The van der Waals surface area contributed by atoms with Crippen molar-refractivity contribution in [3.63, 3.8) is 0 Å². The number of nitrogens with zero attached hydrogens (tertiary/aromatic N) is 3. The van der Waals surface area contributed by atoms with E-state index in [-0.39, 0.29) is 11.8 Å². The van der Waals surface area contributed by atoms with Gasteiger partial charge in [0.1, 0.15) is 5.70 Å². The van der Waals surface area contributed by atoms with E-state index in [0.717, 1.165) is 40.9 Å². The van der Waals surface area contributed by atoms with E-state index < -0.39 is 0 Å². The molecule has 0 aliphatic carbocycles. The molecular formula is C29H29N3O2. The van der Waals surface area contributed by atoms with E-state index in [1.54, 1.807) is 0 Å². The maximum Gasteiger partial charge on any atom is 0.282 e. The molecule has 0 saturated heterocycles. The van der Waals surface area contributed by atoms with Gasteiger partial charge in [-0.25, -0.2) is 4.90 Å².